The van der Waals surface area contributed by atoms with Crippen molar-refractivity contribution in [1.82, 2.24) is 0 Å². The van der Waals surface area contributed by atoms with Gasteiger partial charge in [-0.05, 0) is 12.1 Å². The number of nitrogens with zero attached hydrogens (tertiary/aromatic N) is 1. The van der Waals surface area contributed by atoms with Crippen molar-refractivity contribution in [2.75, 3.05) is 18.5 Å². The van der Waals surface area contributed by atoms with Crippen molar-refractivity contribution in [3.05, 3.63) is 28.8 Å². The lowest BCUT2D eigenvalue weighted by atomic mass is 10.2. The van der Waals surface area contributed by atoms with Crippen LogP contribution in [0, 0.1) is 0 Å². The van der Waals surface area contributed by atoms with Crippen LogP contribution in [0.5, 0.6) is 0 Å². The Morgan fingerprint density at radius 1 is 1.53 bits per heavy atom. The molecule has 0 aromatic heterocycles. The highest BCUT2D eigenvalue weighted by Crippen LogP contribution is 2.28. The molecule has 82 valence electrons. The molecule has 0 aliphatic rings. The van der Waals surface area contributed by atoms with Crippen LogP contribution in [0.15, 0.2) is 18.2 Å². The Labute approximate surface area is 91.4 Å². The molecule has 0 radical (unpaired) electrons. The zero-order valence-electron chi connectivity index (χ0n) is 8.08. The number of para-hydroxylation sites is 1. The lowest BCUT2D eigenvalue weighted by Gasteiger charge is -2.21. The van der Waals surface area contributed by atoms with Crippen LogP contribution < -0.4 is 4.90 Å². The summed E-state index contributed by atoms with van der Waals surface area (Å²) in [6.45, 7) is -0.454. The van der Waals surface area contributed by atoms with Crippen molar-refractivity contribution < 1.29 is 13.6 Å². The van der Waals surface area contributed by atoms with Gasteiger partial charge in [0, 0.05) is 12.6 Å². The minimum Gasteiger partial charge on any atom is -0.367 e. The number of aldehydes is 1. The smallest absolute Gasteiger partial charge is 0.255 e. The summed E-state index contributed by atoms with van der Waals surface area (Å²) in [5.41, 5.74) is 0.653. The number of carbonyl (C=O) groups is 1. The van der Waals surface area contributed by atoms with Crippen LogP contribution in [0.4, 0.5) is 14.5 Å². The van der Waals surface area contributed by atoms with E-state index in [1.807, 2.05) is 0 Å². The molecular formula is C10H10ClF2NO. The van der Waals surface area contributed by atoms with Gasteiger partial charge in [0.25, 0.3) is 6.43 Å². The van der Waals surface area contributed by atoms with E-state index in [1.165, 1.54) is 18.0 Å². The third-order valence-corrected chi connectivity index (χ3v) is 2.24. The maximum Gasteiger partial charge on any atom is 0.255 e. The molecule has 0 fully saturated rings. The normalized spacial score (nSPS) is 10.5. The summed E-state index contributed by atoms with van der Waals surface area (Å²) >= 11 is 5.84. The molecule has 0 aliphatic carbocycles. The van der Waals surface area contributed by atoms with Gasteiger partial charge in [0.2, 0.25) is 0 Å². The Bertz CT molecular complexity index is 357. The molecule has 0 N–H and O–H groups in total. The van der Waals surface area contributed by atoms with Crippen LogP contribution in [0.1, 0.15) is 10.4 Å². The number of halogens is 3. The molecule has 0 saturated carbocycles. The van der Waals surface area contributed by atoms with Gasteiger partial charge >= 0.3 is 0 Å². The number of rotatable bonds is 4. The maximum atomic E-state index is 12.2. The summed E-state index contributed by atoms with van der Waals surface area (Å²) in [6, 6.07) is 4.70. The summed E-state index contributed by atoms with van der Waals surface area (Å²) in [5.74, 6) is 0. The number of benzene rings is 1. The first kappa shape index (κ1) is 11.9. The SMILES string of the molecule is CN(CC(F)F)c1c(Cl)cccc1C=O. The summed E-state index contributed by atoms with van der Waals surface area (Å²) in [7, 11) is 1.47. The highest BCUT2D eigenvalue weighted by Gasteiger charge is 2.14. The number of anilines is 1. The maximum absolute atomic E-state index is 12.2. The van der Waals surface area contributed by atoms with E-state index in [1.54, 1.807) is 12.1 Å². The first-order chi connectivity index (χ1) is 7.06. The van der Waals surface area contributed by atoms with E-state index in [0.29, 0.717) is 22.6 Å². The van der Waals surface area contributed by atoms with Gasteiger partial charge in [-0.3, -0.25) is 4.79 Å². The Morgan fingerprint density at radius 3 is 2.73 bits per heavy atom. The molecule has 15 heavy (non-hydrogen) atoms. The Hall–Kier alpha value is -1.16. The summed E-state index contributed by atoms with van der Waals surface area (Å²) in [5, 5.41) is 0.294. The fraction of sp³-hybridized carbons (Fsp3) is 0.300. The highest BCUT2D eigenvalue weighted by molar-refractivity contribution is 6.33. The topological polar surface area (TPSA) is 20.3 Å². The summed E-state index contributed by atoms with van der Waals surface area (Å²) in [6.07, 6.45) is -1.87. The average molecular weight is 234 g/mol. The van der Waals surface area contributed by atoms with Gasteiger partial charge in [-0.25, -0.2) is 8.78 Å². The quantitative estimate of drug-likeness (QED) is 0.746. The number of carbonyl (C=O) groups excluding carboxylic acids is 1. The molecule has 1 aromatic carbocycles. The Kier molecular flexibility index (Phi) is 4.03. The minimum atomic E-state index is -2.47. The Balaban J connectivity index is 3.05. The van der Waals surface area contributed by atoms with Crippen LogP contribution in [0.3, 0.4) is 0 Å². The van der Waals surface area contributed by atoms with Gasteiger partial charge in [-0.15, -0.1) is 0 Å². The fourth-order valence-electron chi connectivity index (χ4n) is 1.33. The van der Waals surface area contributed by atoms with Gasteiger partial charge < -0.3 is 4.90 Å². The lowest BCUT2D eigenvalue weighted by Crippen LogP contribution is -2.25. The van der Waals surface area contributed by atoms with E-state index < -0.39 is 13.0 Å². The van der Waals surface area contributed by atoms with E-state index in [9.17, 15) is 13.6 Å². The van der Waals surface area contributed by atoms with Gasteiger partial charge in [-0.1, -0.05) is 17.7 Å². The molecule has 0 amide bonds. The van der Waals surface area contributed by atoms with Gasteiger partial charge in [0.05, 0.1) is 17.3 Å². The monoisotopic (exact) mass is 233 g/mol. The van der Waals surface area contributed by atoms with Crippen LogP contribution >= 0.6 is 11.6 Å². The summed E-state index contributed by atoms with van der Waals surface area (Å²) < 4.78 is 24.3. The van der Waals surface area contributed by atoms with Gasteiger partial charge in [0.1, 0.15) is 0 Å². The molecule has 0 unspecified atom stereocenters. The molecule has 0 spiro atoms. The first-order valence-electron chi connectivity index (χ1n) is 4.29. The van der Waals surface area contributed by atoms with Crippen LogP contribution in [0.2, 0.25) is 5.02 Å². The second kappa shape index (κ2) is 5.07. The second-order valence-electron chi connectivity index (χ2n) is 3.07. The molecule has 0 bridgehead atoms. The molecule has 0 atom stereocenters. The van der Waals surface area contributed by atoms with Crippen molar-refractivity contribution in [2.45, 2.75) is 6.43 Å². The van der Waals surface area contributed by atoms with E-state index in [2.05, 4.69) is 0 Å². The van der Waals surface area contributed by atoms with Crippen LogP contribution in [-0.4, -0.2) is 26.3 Å². The molecule has 5 heteroatoms. The fourth-order valence-corrected chi connectivity index (χ4v) is 1.65. The van der Waals surface area contributed by atoms with E-state index in [4.69, 9.17) is 11.6 Å². The molecule has 1 rings (SSSR count). The standard InChI is InChI=1S/C10H10ClF2NO/c1-14(5-9(12)13)10-7(6-15)3-2-4-8(10)11/h2-4,6,9H,5H2,1H3. The van der Waals surface area contributed by atoms with E-state index >= 15 is 0 Å². The molecular weight excluding hydrogens is 224 g/mol. The van der Waals surface area contributed by atoms with Gasteiger partial charge in [-0.2, -0.15) is 0 Å². The largest absolute Gasteiger partial charge is 0.367 e. The van der Waals surface area contributed by atoms with E-state index in [0.717, 1.165) is 0 Å². The van der Waals surface area contributed by atoms with Crippen molar-refractivity contribution in [3.8, 4) is 0 Å². The number of hydrogen-bond acceptors (Lipinski definition) is 2. The number of alkyl halides is 2. The average Bonchev–Trinajstić information content (AvgIpc) is 2.15. The zero-order chi connectivity index (χ0) is 11.4. The Morgan fingerprint density at radius 2 is 2.20 bits per heavy atom. The molecule has 0 heterocycles. The molecule has 0 aliphatic heterocycles. The first-order valence-corrected chi connectivity index (χ1v) is 4.67. The van der Waals surface area contributed by atoms with Crippen molar-refractivity contribution in [2.24, 2.45) is 0 Å². The van der Waals surface area contributed by atoms with Crippen molar-refractivity contribution in [1.29, 1.82) is 0 Å². The van der Waals surface area contributed by atoms with Crippen molar-refractivity contribution in [3.63, 3.8) is 0 Å². The number of hydrogen-bond donors (Lipinski definition) is 0. The molecule has 1 aromatic rings. The highest BCUT2D eigenvalue weighted by atomic mass is 35.5. The van der Waals surface area contributed by atoms with E-state index in [-0.39, 0.29) is 0 Å². The predicted molar refractivity (Wildman–Crippen MR) is 56.1 cm³/mol. The third kappa shape index (κ3) is 2.89. The minimum absolute atomic E-state index is 0.294. The predicted octanol–water partition coefficient (Wildman–Crippen LogP) is 2.85. The van der Waals surface area contributed by atoms with Crippen LogP contribution in [-0.2, 0) is 0 Å². The summed E-state index contributed by atoms with van der Waals surface area (Å²) in [4.78, 5) is 12.0. The third-order valence-electron chi connectivity index (χ3n) is 1.94. The lowest BCUT2D eigenvalue weighted by molar-refractivity contribution is 0.112. The molecule has 0 saturated heterocycles. The van der Waals surface area contributed by atoms with Crippen LogP contribution in [0.25, 0.3) is 0 Å². The molecule has 2 nitrogen and oxygen atoms in total. The van der Waals surface area contributed by atoms with Gasteiger partial charge in [0.15, 0.2) is 6.29 Å². The zero-order valence-corrected chi connectivity index (χ0v) is 8.84. The van der Waals surface area contributed by atoms with Crippen molar-refractivity contribution >= 4 is 23.6 Å². The second-order valence-corrected chi connectivity index (χ2v) is 3.47.